The lowest BCUT2D eigenvalue weighted by atomic mass is 9.98. The van der Waals surface area contributed by atoms with Gasteiger partial charge in [0.05, 0.1) is 12.0 Å². The van der Waals surface area contributed by atoms with Gasteiger partial charge < -0.3 is 14.6 Å². The van der Waals surface area contributed by atoms with Gasteiger partial charge in [0.2, 0.25) is 0 Å². The van der Waals surface area contributed by atoms with Crippen molar-refractivity contribution in [2.45, 2.75) is 38.0 Å². The standard InChI is InChI=1S/C19H15F5O4/c20-18(21)28-16-9-12(19(22,23)24)3-6-15(16)27-13-4-5-14-10(7-13)1-2-11(14)8-17(25)26/h3-7,9,11,18H,1-2,8H2,(H,25,26)/t11-/m0/s1. The molecule has 1 atom stereocenters. The van der Waals surface area contributed by atoms with E-state index in [1.54, 1.807) is 12.1 Å². The van der Waals surface area contributed by atoms with Crippen LogP contribution in [0.25, 0.3) is 0 Å². The van der Waals surface area contributed by atoms with Crippen molar-refractivity contribution in [2.24, 2.45) is 0 Å². The van der Waals surface area contributed by atoms with Crippen molar-refractivity contribution in [1.29, 1.82) is 0 Å². The molecule has 0 unspecified atom stereocenters. The van der Waals surface area contributed by atoms with Crippen LogP contribution in [-0.4, -0.2) is 17.7 Å². The number of hydrogen-bond acceptors (Lipinski definition) is 3. The van der Waals surface area contributed by atoms with Gasteiger partial charge in [-0.15, -0.1) is 0 Å². The van der Waals surface area contributed by atoms with E-state index in [-0.39, 0.29) is 23.8 Å². The van der Waals surface area contributed by atoms with Crippen LogP contribution in [-0.2, 0) is 17.4 Å². The zero-order valence-electron chi connectivity index (χ0n) is 14.3. The molecule has 150 valence electrons. The first kappa shape index (κ1) is 19.9. The van der Waals surface area contributed by atoms with Gasteiger partial charge >= 0.3 is 18.8 Å². The number of hydrogen-bond donors (Lipinski definition) is 1. The number of ether oxygens (including phenoxy) is 2. The predicted molar refractivity (Wildman–Crippen MR) is 87.9 cm³/mol. The van der Waals surface area contributed by atoms with Crippen LogP contribution < -0.4 is 9.47 Å². The Morgan fingerprint density at radius 1 is 1.14 bits per heavy atom. The normalized spacial score (nSPS) is 16.1. The zero-order chi connectivity index (χ0) is 20.5. The summed E-state index contributed by atoms with van der Waals surface area (Å²) in [5.41, 5.74) is 0.583. The molecule has 0 fully saturated rings. The lowest BCUT2D eigenvalue weighted by Gasteiger charge is -2.15. The second kappa shape index (κ2) is 7.65. The maximum absolute atomic E-state index is 12.8. The highest BCUT2D eigenvalue weighted by Crippen LogP contribution is 2.41. The number of halogens is 5. The first-order valence-electron chi connectivity index (χ1n) is 8.32. The number of carboxylic acids is 1. The molecule has 0 amide bonds. The monoisotopic (exact) mass is 402 g/mol. The van der Waals surface area contributed by atoms with Crippen molar-refractivity contribution in [3.8, 4) is 17.2 Å². The Labute approximate surface area is 156 Å². The minimum Gasteiger partial charge on any atom is -0.481 e. The SMILES string of the molecule is O=C(O)C[C@@H]1CCc2cc(Oc3ccc(C(F)(F)F)cc3OC(F)F)ccc21. The second-order valence-corrected chi connectivity index (χ2v) is 6.33. The molecule has 0 radical (unpaired) electrons. The van der Waals surface area contributed by atoms with Crippen molar-refractivity contribution in [3.05, 3.63) is 53.1 Å². The van der Waals surface area contributed by atoms with E-state index in [1.807, 2.05) is 0 Å². The van der Waals surface area contributed by atoms with Gasteiger partial charge in [0.25, 0.3) is 0 Å². The molecule has 0 bridgehead atoms. The maximum atomic E-state index is 12.8. The van der Waals surface area contributed by atoms with E-state index in [9.17, 15) is 26.7 Å². The van der Waals surface area contributed by atoms with E-state index >= 15 is 0 Å². The molecule has 1 N–H and O–H groups in total. The number of carboxylic acid groups (broad SMARTS) is 1. The number of carbonyl (C=O) groups is 1. The minimum absolute atomic E-state index is 0.00150. The van der Waals surface area contributed by atoms with E-state index in [0.717, 1.165) is 17.2 Å². The fourth-order valence-corrected chi connectivity index (χ4v) is 3.25. The zero-order valence-corrected chi connectivity index (χ0v) is 14.3. The van der Waals surface area contributed by atoms with Crippen molar-refractivity contribution < 1.29 is 41.3 Å². The Kier molecular flexibility index (Phi) is 5.44. The van der Waals surface area contributed by atoms with Crippen molar-refractivity contribution >= 4 is 5.97 Å². The highest BCUT2D eigenvalue weighted by molar-refractivity contribution is 5.68. The Hall–Kier alpha value is -2.84. The molecule has 3 rings (SSSR count). The van der Waals surface area contributed by atoms with Gasteiger partial charge in [-0.3, -0.25) is 4.79 Å². The topological polar surface area (TPSA) is 55.8 Å². The summed E-state index contributed by atoms with van der Waals surface area (Å²) >= 11 is 0. The van der Waals surface area contributed by atoms with Gasteiger partial charge in [0.15, 0.2) is 11.5 Å². The smallest absolute Gasteiger partial charge is 0.416 e. The van der Waals surface area contributed by atoms with Crippen LogP contribution in [0.3, 0.4) is 0 Å². The van der Waals surface area contributed by atoms with E-state index in [2.05, 4.69) is 4.74 Å². The fourth-order valence-electron chi connectivity index (χ4n) is 3.25. The third-order valence-electron chi connectivity index (χ3n) is 4.45. The second-order valence-electron chi connectivity index (χ2n) is 6.33. The van der Waals surface area contributed by atoms with Crippen LogP contribution in [0.15, 0.2) is 36.4 Å². The molecular formula is C19H15F5O4. The third kappa shape index (κ3) is 4.52. The van der Waals surface area contributed by atoms with Crippen LogP contribution in [0.4, 0.5) is 22.0 Å². The Balaban J connectivity index is 1.86. The van der Waals surface area contributed by atoms with Crippen LogP contribution >= 0.6 is 0 Å². The van der Waals surface area contributed by atoms with Crippen molar-refractivity contribution in [1.82, 2.24) is 0 Å². The van der Waals surface area contributed by atoms with Gasteiger partial charge in [-0.2, -0.15) is 22.0 Å². The van der Waals surface area contributed by atoms with Crippen molar-refractivity contribution in [2.75, 3.05) is 0 Å². The van der Waals surface area contributed by atoms with E-state index < -0.39 is 30.1 Å². The van der Waals surface area contributed by atoms with Gasteiger partial charge in [-0.1, -0.05) is 6.07 Å². The summed E-state index contributed by atoms with van der Waals surface area (Å²) in [6.07, 6.45) is -3.44. The number of rotatable bonds is 6. The number of aliphatic carboxylic acids is 1. The molecule has 9 heteroatoms. The molecule has 2 aromatic rings. The molecule has 28 heavy (non-hydrogen) atoms. The highest BCUT2D eigenvalue weighted by Gasteiger charge is 2.32. The number of alkyl halides is 5. The summed E-state index contributed by atoms with van der Waals surface area (Å²) < 4.78 is 73.3. The Morgan fingerprint density at radius 2 is 1.89 bits per heavy atom. The molecule has 4 nitrogen and oxygen atoms in total. The molecule has 0 heterocycles. The molecule has 0 aromatic heterocycles. The maximum Gasteiger partial charge on any atom is 0.416 e. The summed E-state index contributed by atoms with van der Waals surface area (Å²) in [5, 5.41) is 8.95. The van der Waals surface area contributed by atoms with Crippen LogP contribution in [0.5, 0.6) is 17.2 Å². The molecule has 0 saturated heterocycles. The molecule has 1 aliphatic carbocycles. The number of fused-ring (bicyclic) bond motifs is 1. The van der Waals surface area contributed by atoms with Crippen molar-refractivity contribution in [3.63, 3.8) is 0 Å². The van der Waals surface area contributed by atoms with Gasteiger partial charge in [0.1, 0.15) is 5.75 Å². The number of aryl methyl sites for hydroxylation is 1. The molecule has 0 aliphatic heterocycles. The Morgan fingerprint density at radius 3 is 2.54 bits per heavy atom. The van der Waals surface area contributed by atoms with Crippen LogP contribution in [0.2, 0.25) is 0 Å². The third-order valence-corrected chi connectivity index (χ3v) is 4.45. The lowest BCUT2D eigenvalue weighted by molar-refractivity contribution is -0.138. The quantitative estimate of drug-likeness (QED) is 0.639. The summed E-state index contributed by atoms with van der Waals surface area (Å²) in [4.78, 5) is 10.9. The fraction of sp³-hybridized carbons (Fsp3) is 0.316. The summed E-state index contributed by atoms with van der Waals surface area (Å²) in [5.74, 6) is -1.81. The van der Waals surface area contributed by atoms with Crippen LogP contribution in [0.1, 0.15) is 35.4 Å². The average Bonchev–Trinajstić information content (AvgIpc) is 2.96. The molecule has 0 spiro atoms. The lowest BCUT2D eigenvalue weighted by Crippen LogP contribution is -2.08. The first-order chi connectivity index (χ1) is 13.1. The average molecular weight is 402 g/mol. The summed E-state index contributed by atoms with van der Waals surface area (Å²) in [6, 6.07) is 6.91. The minimum atomic E-state index is -4.72. The van der Waals surface area contributed by atoms with Gasteiger partial charge in [0, 0.05) is 0 Å². The van der Waals surface area contributed by atoms with Gasteiger partial charge in [-0.25, -0.2) is 0 Å². The van der Waals surface area contributed by atoms with Gasteiger partial charge in [-0.05, 0) is 60.2 Å². The van der Waals surface area contributed by atoms with E-state index in [0.29, 0.717) is 25.0 Å². The van der Waals surface area contributed by atoms with E-state index in [4.69, 9.17) is 9.84 Å². The molecule has 0 saturated carbocycles. The van der Waals surface area contributed by atoms with Crippen LogP contribution in [0, 0.1) is 0 Å². The predicted octanol–water partition coefficient (Wildman–Crippen LogP) is 5.60. The van der Waals surface area contributed by atoms with E-state index in [1.165, 1.54) is 6.07 Å². The molecule has 1 aliphatic rings. The highest BCUT2D eigenvalue weighted by atomic mass is 19.4. The molecular weight excluding hydrogens is 387 g/mol. The largest absolute Gasteiger partial charge is 0.481 e. The molecule has 2 aromatic carbocycles. The number of benzene rings is 2. The Bertz CT molecular complexity index is 879. The summed E-state index contributed by atoms with van der Waals surface area (Å²) in [6.45, 7) is -3.32. The summed E-state index contributed by atoms with van der Waals surface area (Å²) in [7, 11) is 0. The first-order valence-corrected chi connectivity index (χ1v) is 8.32.